The minimum Gasteiger partial charge on any atom is -0.390 e. The molecule has 9 heteroatoms. The van der Waals surface area contributed by atoms with Crippen molar-refractivity contribution in [2.75, 3.05) is 12.8 Å². The Morgan fingerprint density at radius 1 is 1.20 bits per heavy atom. The van der Waals surface area contributed by atoms with E-state index in [-0.39, 0.29) is 18.9 Å². The van der Waals surface area contributed by atoms with E-state index in [1.165, 1.54) is 24.6 Å². The van der Waals surface area contributed by atoms with E-state index >= 15 is 0 Å². The maximum Gasteiger partial charge on any atom is 0.217 e. The fraction of sp³-hybridized carbons (Fsp3) is 0.438. The molecule has 3 N–H and O–H groups in total. The van der Waals surface area contributed by atoms with Gasteiger partial charge in [0, 0.05) is 38.3 Å². The van der Waals surface area contributed by atoms with Crippen molar-refractivity contribution in [1.29, 1.82) is 0 Å². The fourth-order valence-electron chi connectivity index (χ4n) is 5.46. The third kappa shape index (κ3) is 8.50. The first-order valence-electron chi connectivity index (χ1n) is 14.1. The number of aliphatic hydroxyl groups is 1. The van der Waals surface area contributed by atoms with E-state index in [4.69, 9.17) is 0 Å². The van der Waals surface area contributed by atoms with Gasteiger partial charge in [0.1, 0.15) is 11.6 Å². The summed E-state index contributed by atoms with van der Waals surface area (Å²) in [5, 5.41) is 24.4. The number of hydrogen-bond donors (Lipinski definition) is 3. The first kappa shape index (κ1) is 32.5. The summed E-state index contributed by atoms with van der Waals surface area (Å²) in [6.07, 6.45) is 5.41. The van der Waals surface area contributed by atoms with Gasteiger partial charge in [0.15, 0.2) is 0 Å². The molecule has 1 heterocycles. The molecule has 41 heavy (non-hydrogen) atoms. The number of halogens is 2. The average molecular weight is 585 g/mol. The highest BCUT2D eigenvalue weighted by Crippen LogP contribution is 2.37. The zero-order chi connectivity index (χ0) is 30.2. The summed E-state index contributed by atoms with van der Waals surface area (Å²) < 4.78 is 29.5. The number of aromatic nitrogens is 2. The molecule has 1 aromatic heterocycles. The van der Waals surface area contributed by atoms with Crippen LogP contribution in [0.1, 0.15) is 62.1 Å². The zero-order valence-electron chi connectivity index (χ0n) is 24.8. The number of rotatable bonds is 10. The molecule has 4 rings (SSSR count). The van der Waals surface area contributed by atoms with Gasteiger partial charge in [-0.2, -0.15) is 5.10 Å². The molecule has 1 amide bonds. The highest BCUT2D eigenvalue weighted by molar-refractivity contribution is 8.01. The number of nitrogens with zero attached hydrogens (tertiary/aromatic N) is 2. The lowest BCUT2D eigenvalue weighted by atomic mass is 9.75. The smallest absolute Gasteiger partial charge is 0.217 e. The second kappa shape index (κ2) is 14.8. The third-order valence-corrected chi connectivity index (χ3v) is 7.91. The van der Waals surface area contributed by atoms with Gasteiger partial charge in [0.2, 0.25) is 5.91 Å². The lowest BCUT2D eigenvalue weighted by molar-refractivity contribution is -0.120. The lowest BCUT2D eigenvalue weighted by Crippen LogP contribution is -2.54. The Labute approximate surface area is 246 Å². The molecule has 222 valence electrons. The topological polar surface area (TPSA) is 79.2 Å². The van der Waals surface area contributed by atoms with Crippen molar-refractivity contribution in [1.82, 2.24) is 20.4 Å². The quantitative estimate of drug-likeness (QED) is 0.292. The fourth-order valence-corrected chi connectivity index (χ4v) is 5.95. The molecule has 0 aliphatic heterocycles. The van der Waals surface area contributed by atoms with Gasteiger partial charge in [-0.25, -0.2) is 8.78 Å². The molecule has 0 radical (unpaired) electrons. The van der Waals surface area contributed by atoms with Crippen LogP contribution in [0.2, 0.25) is 0 Å². The number of hydrogen-bond acceptors (Lipinski definition) is 5. The minimum atomic E-state index is -1.01. The normalized spacial score (nSPS) is 18.1. The molecule has 0 bridgehead atoms. The van der Waals surface area contributed by atoms with Crippen LogP contribution < -0.4 is 10.6 Å². The molecule has 2 aromatic carbocycles. The number of nitrogens with one attached hydrogen (secondary N) is 2. The van der Waals surface area contributed by atoms with E-state index in [9.17, 15) is 18.7 Å². The number of aryl methyl sites for hydroxylation is 2. The summed E-state index contributed by atoms with van der Waals surface area (Å²) >= 11 is 1.66. The number of aliphatic hydroxyl groups excluding tert-OH is 1. The van der Waals surface area contributed by atoms with Crippen molar-refractivity contribution in [3.8, 4) is 0 Å². The van der Waals surface area contributed by atoms with Crippen LogP contribution in [0.4, 0.5) is 8.78 Å². The third-order valence-electron chi connectivity index (χ3n) is 7.32. The number of fused-ring (bicyclic) bond motifs is 1. The first-order valence-corrected chi connectivity index (χ1v) is 15.3. The zero-order valence-corrected chi connectivity index (χ0v) is 25.6. The Kier molecular flexibility index (Phi) is 11.7. The molecule has 0 fully saturated rings. The highest BCUT2D eigenvalue weighted by atomic mass is 32.2. The SMILES string of the molecule is CC.CS/C=C(\C)c1cccc(C2(NCC(O)C(Cc3cc(F)cc(F)c3)NC(C)=O)CCc3nn(C)cc3C2)c1. The van der Waals surface area contributed by atoms with Gasteiger partial charge in [0.25, 0.3) is 0 Å². The summed E-state index contributed by atoms with van der Waals surface area (Å²) in [6, 6.07) is 11.0. The molecule has 3 unspecified atom stereocenters. The summed E-state index contributed by atoms with van der Waals surface area (Å²) in [5.41, 5.74) is 5.53. The molecule has 0 saturated heterocycles. The molecule has 3 atom stereocenters. The maximum atomic E-state index is 13.8. The van der Waals surface area contributed by atoms with Crippen LogP contribution in [0.15, 0.2) is 54.1 Å². The van der Waals surface area contributed by atoms with Crippen molar-refractivity contribution in [3.63, 3.8) is 0 Å². The summed E-state index contributed by atoms with van der Waals surface area (Å²) in [5.74, 6) is -1.72. The summed E-state index contributed by atoms with van der Waals surface area (Å²) in [6.45, 7) is 7.62. The van der Waals surface area contributed by atoms with Crippen LogP contribution in [0.5, 0.6) is 0 Å². The van der Waals surface area contributed by atoms with Gasteiger partial charge in [-0.05, 0) is 90.3 Å². The van der Waals surface area contributed by atoms with Crippen LogP contribution >= 0.6 is 11.8 Å². The van der Waals surface area contributed by atoms with Gasteiger partial charge in [-0.15, -0.1) is 11.8 Å². The van der Waals surface area contributed by atoms with E-state index in [1.807, 2.05) is 38.0 Å². The van der Waals surface area contributed by atoms with Gasteiger partial charge in [-0.3, -0.25) is 9.48 Å². The van der Waals surface area contributed by atoms with E-state index < -0.39 is 29.3 Å². The average Bonchev–Trinajstić information content (AvgIpc) is 3.31. The molecule has 0 spiro atoms. The largest absolute Gasteiger partial charge is 0.390 e. The minimum absolute atomic E-state index is 0.0883. The van der Waals surface area contributed by atoms with Gasteiger partial charge in [-0.1, -0.05) is 32.0 Å². The Bertz CT molecular complexity index is 1340. The molecule has 3 aromatic rings. The van der Waals surface area contributed by atoms with E-state index in [0.29, 0.717) is 12.0 Å². The van der Waals surface area contributed by atoms with Gasteiger partial charge < -0.3 is 15.7 Å². The van der Waals surface area contributed by atoms with Gasteiger partial charge in [0.05, 0.1) is 17.8 Å². The molecular weight excluding hydrogens is 542 g/mol. The van der Waals surface area contributed by atoms with Crippen molar-refractivity contribution in [2.45, 2.75) is 71.1 Å². The second-order valence-electron chi connectivity index (χ2n) is 10.4. The van der Waals surface area contributed by atoms with Crippen molar-refractivity contribution in [3.05, 3.63) is 93.7 Å². The van der Waals surface area contributed by atoms with Crippen LogP contribution in [0.3, 0.4) is 0 Å². The first-order chi connectivity index (χ1) is 19.6. The van der Waals surface area contributed by atoms with E-state index in [1.54, 1.807) is 11.8 Å². The van der Waals surface area contributed by atoms with Crippen LogP contribution in [0.25, 0.3) is 5.57 Å². The standard InChI is InChI=1S/C30H36F2N4O2S.C2H6/c1-19(18-39-4)22-6-5-7-24(13-22)30(9-8-27-23(15-30)17-36(3)35-27)33-16-29(38)28(34-20(2)37)12-21-10-25(31)14-26(32)11-21;1-2/h5-7,10-11,13-14,17-18,28-29,33,38H,8-9,12,15-16H2,1-4H3,(H,34,37);1-2H3/b19-18+;. The van der Waals surface area contributed by atoms with Crippen LogP contribution in [-0.2, 0) is 36.6 Å². The Morgan fingerprint density at radius 3 is 2.56 bits per heavy atom. The number of amides is 1. The van der Waals surface area contributed by atoms with Gasteiger partial charge >= 0.3 is 0 Å². The molecule has 6 nitrogen and oxygen atoms in total. The molecule has 1 aliphatic rings. The molecular formula is C32H42F2N4O2S. The van der Waals surface area contributed by atoms with Crippen molar-refractivity contribution >= 4 is 23.2 Å². The summed E-state index contributed by atoms with van der Waals surface area (Å²) in [7, 11) is 1.92. The lowest BCUT2D eigenvalue weighted by Gasteiger charge is -2.40. The molecule has 1 aliphatic carbocycles. The van der Waals surface area contributed by atoms with Crippen molar-refractivity contribution < 1.29 is 18.7 Å². The number of carbonyl (C=O) groups excluding carboxylic acids is 1. The van der Waals surface area contributed by atoms with Crippen LogP contribution in [0, 0.1) is 11.6 Å². The highest BCUT2D eigenvalue weighted by Gasteiger charge is 2.38. The monoisotopic (exact) mass is 584 g/mol. The maximum absolute atomic E-state index is 13.8. The predicted octanol–water partition coefficient (Wildman–Crippen LogP) is 5.53. The number of benzene rings is 2. The van der Waals surface area contributed by atoms with E-state index in [0.717, 1.165) is 41.3 Å². The number of allylic oxidation sites excluding steroid dienone is 1. The summed E-state index contributed by atoms with van der Waals surface area (Å²) in [4.78, 5) is 12.0. The van der Waals surface area contributed by atoms with Crippen molar-refractivity contribution in [2.24, 2.45) is 7.05 Å². The Morgan fingerprint density at radius 2 is 1.90 bits per heavy atom. The van der Waals surface area contributed by atoms with Crippen LogP contribution in [-0.4, -0.2) is 45.7 Å². The second-order valence-corrected chi connectivity index (χ2v) is 11.1. The Hall–Kier alpha value is -3.01. The predicted molar refractivity (Wildman–Crippen MR) is 164 cm³/mol. The molecule has 0 saturated carbocycles. The number of thioether (sulfide) groups is 1. The Balaban J connectivity index is 0.00000226. The van der Waals surface area contributed by atoms with E-state index in [2.05, 4.69) is 52.3 Å². The number of carbonyl (C=O) groups is 1.